The molecule has 5 nitrogen and oxygen atoms in total. The molecule has 0 unspecified atom stereocenters. The van der Waals surface area contributed by atoms with E-state index in [2.05, 4.69) is 10.2 Å². The Labute approximate surface area is 141 Å². The zero-order valence-corrected chi connectivity index (χ0v) is 13.8. The lowest BCUT2D eigenvalue weighted by molar-refractivity contribution is 0.0952. The number of rotatable bonds is 6. The average molecular weight is 325 g/mol. The summed E-state index contributed by atoms with van der Waals surface area (Å²) in [7, 11) is 0. The first-order chi connectivity index (χ1) is 11.7. The predicted octanol–water partition coefficient (Wildman–Crippen LogP) is 2.27. The summed E-state index contributed by atoms with van der Waals surface area (Å²) in [4.78, 5) is 26.1. The van der Waals surface area contributed by atoms with E-state index in [1.165, 1.54) is 18.5 Å². The molecule has 1 aromatic carbocycles. The Kier molecular flexibility index (Phi) is 5.31. The topological polar surface area (TPSA) is 54.3 Å². The molecule has 5 heteroatoms. The molecule has 0 saturated carbocycles. The molecule has 2 aromatic rings. The molecule has 0 spiro atoms. The number of benzene rings is 1. The average Bonchev–Trinajstić information content (AvgIpc) is 3.15. The molecule has 1 fully saturated rings. The fraction of sp³-hybridized carbons (Fsp3) is 0.368. The smallest absolute Gasteiger partial charge is 0.251 e. The lowest BCUT2D eigenvalue weighted by atomic mass is 10.2. The summed E-state index contributed by atoms with van der Waals surface area (Å²) in [6, 6.07) is 12.9. The van der Waals surface area contributed by atoms with E-state index in [4.69, 9.17) is 0 Å². The Morgan fingerprint density at radius 3 is 2.50 bits per heavy atom. The van der Waals surface area contributed by atoms with Crippen LogP contribution >= 0.6 is 0 Å². The van der Waals surface area contributed by atoms with Crippen LogP contribution in [0.5, 0.6) is 0 Å². The van der Waals surface area contributed by atoms with Gasteiger partial charge >= 0.3 is 0 Å². The minimum absolute atomic E-state index is 0.0127. The van der Waals surface area contributed by atoms with Crippen molar-refractivity contribution in [3.63, 3.8) is 0 Å². The first-order valence-electron chi connectivity index (χ1n) is 8.53. The fourth-order valence-electron chi connectivity index (χ4n) is 3.00. The number of amides is 1. The van der Waals surface area contributed by atoms with Crippen molar-refractivity contribution in [2.45, 2.75) is 25.8 Å². The zero-order valence-electron chi connectivity index (χ0n) is 13.8. The number of anilines is 1. The minimum atomic E-state index is -0.0663. The van der Waals surface area contributed by atoms with E-state index in [0.717, 1.165) is 19.5 Å². The number of nitrogens with zero attached hydrogens (tertiary/aromatic N) is 2. The van der Waals surface area contributed by atoms with E-state index < -0.39 is 0 Å². The van der Waals surface area contributed by atoms with Gasteiger partial charge in [0.05, 0.1) is 0 Å². The fourth-order valence-corrected chi connectivity index (χ4v) is 3.00. The molecular formula is C19H23N3O2. The first kappa shape index (κ1) is 16.3. The number of nitrogens with one attached hydrogen (secondary N) is 1. The van der Waals surface area contributed by atoms with Gasteiger partial charge in [0.15, 0.2) is 0 Å². The summed E-state index contributed by atoms with van der Waals surface area (Å²) in [6.07, 6.45) is 4.97. The van der Waals surface area contributed by atoms with Gasteiger partial charge in [-0.25, -0.2) is 0 Å². The van der Waals surface area contributed by atoms with Crippen molar-refractivity contribution in [2.75, 3.05) is 24.5 Å². The summed E-state index contributed by atoms with van der Waals surface area (Å²) in [5, 5.41) is 2.91. The van der Waals surface area contributed by atoms with E-state index in [-0.39, 0.29) is 11.5 Å². The highest BCUT2D eigenvalue weighted by molar-refractivity contribution is 5.94. The summed E-state index contributed by atoms with van der Waals surface area (Å²) in [5.41, 5.74) is 1.85. The van der Waals surface area contributed by atoms with Gasteiger partial charge in [-0.15, -0.1) is 0 Å². The number of pyridine rings is 1. The number of hydrogen-bond donors (Lipinski definition) is 1. The minimum Gasteiger partial charge on any atom is -0.372 e. The van der Waals surface area contributed by atoms with Crippen LogP contribution in [0.1, 0.15) is 29.6 Å². The summed E-state index contributed by atoms with van der Waals surface area (Å²) in [6.45, 7) is 3.36. The van der Waals surface area contributed by atoms with Crippen LogP contribution in [-0.4, -0.2) is 30.1 Å². The van der Waals surface area contributed by atoms with E-state index in [1.807, 2.05) is 30.3 Å². The maximum atomic E-state index is 12.2. The Hall–Kier alpha value is -2.56. The molecule has 24 heavy (non-hydrogen) atoms. The number of carbonyl (C=O) groups excluding carboxylic acids is 1. The highest BCUT2D eigenvalue weighted by Gasteiger charge is 2.12. The van der Waals surface area contributed by atoms with Crippen LogP contribution in [-0.2, 0) is 6.54 Å². The quantitative estimate of drug-likeness (QED) is 0.829. The molecular weight excluding hydrogens is 302 g/mol. The summed E-state index contributed by atoms with van der Waals surface area (Å²) in [5.74, 6) is -0.0663. The number of aryl methyl sites for hydroxylation is 1. The van der Waals surface area contributed by atoms with Gasteiger partial charge in [0.1, 0.15) is 0 Å². The Morgan fingerprint density at radius 1 is 1.04 bits per heavy atom. The first-order valence-corrected chi connectivity index (χ1v) is 8.53. The molecule has 3 rings (SSSR count). The van der Waals surface area contributed by atoms with E-state index in [0.29, 0.717) is 18.7 Å². The monoisotopic (exact) mass is 325 g/mol. The lowest BCUT2D eigenvalue weighted by Crippen LogP contribution is -2.27. The summed E-state index contributed by atoms with van der Waals surface area (Å²) < 4.78 is 1.65. The number of hydrogen-bond acceptors (Lipinski definition) is 3. The summed E-state index contributed by atoms with van der Waals surface area (Å²) >= 11 is 0. The molecule has 1 aromatic heterocycles. The predicted molar refractivity (Wildman–Crippen MR) is 95.5 cm³/mol. The van der Waals surface area contributed by atoms with Crippen molar-refractivity contribution >= 4 is 11.6 Å². The highest BCUT2D eigenvalue weighted by Crippen LogP contribution is 2.20. The SMILES string of the molecule is O=C(NCCCn1ccccc1=O)c1ccc(N2CCCC2)cc1. The van der Waals surface area contributed by atoms with E-state index in [1.54, 1.807) is 22.9 Å². The molecule has 0 bridgehead atoms. The van der Waals surface area contributed by atoms with E-state index >= 15 is 0 Å². The lowest BCUT2D eigenvalue weighted by Gasteiger charge is -2.17. The molecule has 0 atom stereocenters. The third-order valence-electron chi connectivity index (χ3n) is 4.36. The Bertz CT molecular complexity index is 731. The standard InChI is InChI=1S/C19H23N3O2/c23-18-6-1-2-14-22(18)15-5-11-20-19(24)16-7-9-17(10-8-16)21-12-3-4-13-21/h1-2,6-10,14H,3-5,11-13,15H2,(H,20,24). The van der Waals surface area contributed by atoms with Gasteiger partial charge in [0, 0.05) is 49.7 Å². The van der Waals surface area contributed by atoms with Crippen molar-refractivity contribution < 1.29 is 4.79 Å². The largest absolute Gasteiger partial charge is 0.372 e. The van der Waals surface area contributed by atoms with Crippen molar-refractivity contribution in [1.82, 2.24) is 9.88 Å². The Balaban J connectivity index is 1.46. The molecule has 1 N–H and O–H groups in total. The second-order valence-electron chi connectivity index (χ2n) is 6.08. The number of carbonyl (C=O) groups is 1. The van der Waals surface area contributed by atoms with Crippen molar-refractivity contribution in [3.05, 3.63) is 64.6 Å². The van der Waals surface area contributed by atoms with Gasteiger partial charge in [0.2, 0.25) is 5.56 Å². The van der Waals surface area contributed by atoms with Crippen LogP contribution < -0.4 is 15.8 Å². The molecule has 2 heterocycles. The molecule has 1 amide bonds. The van der Waals surface area contributed by atoms with Gasteiger partial charge in [-0.3, -0.25) is 9.59 Å². The zero-order chi connectivity index (χ0) is 16.8. The molecule has 0 radical (unpaired) electrons. The van der Waals surface area contributed by atoms with E-state index in [9.17, 15) is 9.59 Å². The van der Waals surface area contributed by atoms with Crippen LogP contribution in [0.15, 0.2) is 53.5 Å². The van der Waals surface area contributed by atoms with Gasteiger partial charge in [-0.05, 0) is 49.6 Å². The maximum absolute atomic E-state index is 12.2. The third-order valence-corrected chi connectivity index (χ3v) is 4.36. The van der Waals surface area contributed by atoms with Crippen molar-refractivity contribution in [3.8, 4) is 0 Å². The number of aromatic nitrogens is 1. The van der Waals surface area contributed by atoms with Gasteiger partial charge in [0.25, 0.3) is 5.91 Å². The van der Waals surface area contributed by atoms with Gasteiger partial charge in [-0.1, -0.05) is 6.07 Å². The maximum Gasteiger partial charge on any atom is 0.251 e. The second kappa shape index (κ2) is 7.81. The third kappa shape index (κ3) is 4.04. The molecule has 1 saturated heterocycles. The van der Waals surface area contributed by atoms with Crippen LogP contribution in [0.3, 0.4) is 0 Å². The van der Waals surface area contributed by atoms with Crippen molar-refractivity contribution in [2.24, 2.45) is 0 Å². The van der Waals surface area contributed by atoms with Crippen LogP contribution in [0, 0.1) is 0 Å². The van der Waals surface area contributed by atoms with Crippen LogP contribution in [0.25, 0.3) is 0 Å². The molecule has 1 aliphatic rings. The van der Waals surface area contributed by atoms with Crippen molar-refractivity contribution in [1.29, 1.82) is 0 Å². The van der Waals surface area contributed by atoms with Crippen LogP contribution in [0.4, 0.5) is 5.69 Å². The van der Waals surface area contributed by atoms with Crippen LogP contribution in [0.2, 0.25) is 0 Å². The Morgan fingerprint density at radius 2 is 1.79 bits per heavy atom. The molecule has 126 valence electrons. The molecule has 1 aliphatic heterocycles. The molecule has 0 aliphatic carbocycles. The normalized spacial score (nSPS) is 13.9. The van der Waals surface area contributed by atoms with Gasteiger partial charge in [-0.2, -0.15) is 0 Å². The second-order valence-corrected chi connectivity index (χ2v) is 6.08. The van der Waals surface area contributed by atoms with Gasteiger partial charge < -0.3 is 14.8 Å². The highest BCUT2D eigenvalue weighted by atomic mass is 16.1.